The van der Waals surface area contributed by atoms with Crippen molar-refractivity contribution in [1.29, 1.82) is 0 Å². The van der Waals surface area contributed by atoms with Crippen LogP contribution >= 0.6 is 0 Å². The molecule has 0 fully saturated rings. The summed E-state index contributed by atoms with van der Waals surface area (Å²) in [7, 11) is 0. The van der Waals surface area contributed by atoms with Crippen LogP contribution in [0.3, 0.4) is 0 Å². The molecule has 4 heteroatoms. The van der Waals surface area contributed by atoms with Crippen molar-refractivity contribution in [2.75, 3.05) is 0 Å². The lowest BCUT2D eigenvalue weighted by Crippen LogP contribution is -2.25. The minimum atomic E-state index is -0.574. The molecule has 2 atom stereocenters. The zero-order valence-corrected chi connectivity index (χ0v) is 12.8. The third-order valence-electron chi connectivity index (χ3n) is 2.78. The van der Waals surface area contributed by atoms with E-state index in [1.165, 1.54) is 0 Å². The fraction of sp³-hybridized carbons (Fsp3) is 0.733. The molecule has 1 N–H and O–H groups in total. The Labute approximate surface area is 115 Å². The van der Waals surface area contributed by atoms with Crippen LogP contribution in [-0.2, 0) is 14.3 Å². The maximum atomic E-state index is 11.8. The van der Waals surface area contributed by atoms with Crippen molar-refractivity contribution in [3.8, 4) is 0 Å². The van der Waals surface area contributed by atoms with Crippen molar-refractivity contribution in [2.45, 2.75) is 66.1 Å². The van der Waals surface area contributed by atoms with Gasteiger partial charge in [0.2, 0.25) is 0 Å². The molecule has 0 amide bonds. The smallest absolute Gasteiger partial charge is 0.314 e. The summed E-state index contributed by atoms with van der Waals surface area (Å²) in [5.74, 6) is -0.648. The van der Waals surface area contributed by atoms with Crippen molar-refractivity contribution in [2.24, 2.45) is 5.92 Å². The largest absolute Gasteiger partial charge is 0.460 e. The average molecular weight is 270 g/mol. The lowest BCUT2D eigenvalue weighted by Gasteiger charge is -2.19. The third-order valence-corrected chi connectivity index (χ3v) is 2.78. The minimum absolute atomic E-state index is 0.0873. The number of carbonyl (C=O) groups excluding carboxylic acids is 2. The summed E-state index contributed by atoms with van der Waals surface area (Å²) in [6.45, 7) is 10.6. The van der Waals surface area contributed by atoms with E-state index >= 15 is 0 Å². The minimum Gasteiger partial charge on any atom is -0.460 e. The van der Waals surface area contributed by atoms with Gasteiger partial charge in [0, 0.05) is 0 Å². The van der Waals surface area contributed by atoms with Gasteiger partial charge in [0.1, 0.15) is 12.0 Å². The number of allylic oxidation sites excluding steroid dienone is 2. The zero-order chi connectivity index (χ0) is 15.2. The van der Waals surface area contributed by atoms with E-state index in [0.717, 1.165) is 0 Å². The number of carbonyl (C=O) groups is 2. The predicted octanol–water partition coefficient (Wildman–Crippen LogP) is 2.64. The summed E-state index contributed by atoms with van der Waals surface area (Å²) >= 11 is 0. The van der Waals surface area contributed by atoms with Crippen LogP contribution in [0.4, 0.5) is 0 Å². The second-order valence-corrected chi connectivity index (χ2v) is 6.03. The second kappa shape index (κ2) is 7.43. The fourth-order valence-corrected chi connectivity index (χ4v) is 1.32. The van der Waals surface area contributed by atoms with E-state index in [2.05, 4.69) is 0 Å². The Morgan fingerprint density at radius 2 is 1.79 bits per heavy atom. The van der Waals surface area contributed by atoms with Crippen LogP contribution in [0.15, 0.2) is 11.6 Å². The molecule has 0 saturated heterocycles. The standard InChI is InChI=1S/C15H26O4/c1-10(12(3)16)7-8-11(2)13(17)9-14(18)19-15(4,5)6/h8,10,12,16H,7,9H2,1-6H3/b11-8+/t10-,12+/m0/s1. The van der Waals surface area contributed by atoms with Crippen molar-refractivity contribution >= 4 is 11.8 Å². The number of esters is 1. The van der Waals surface area contributed by atoms with Crippen molar-refractivity contribution in [3.63, 3.8) is 0 Å². The highest BCUT2D eigenvalue weighted by Crippen LogP contribution is 2.13. The van der Waals surface area contributed by atoms with Crippen molar-refractivity contribution in [1.82, 2.24) is 0 Å². The first kappa shape index (κ1) is 17.8. The highest BCUT2D eigenvalue weighted by atomic mass is 16.6. The van der Waals surface area contributed by atoms with Crippen molar-refractivity contribution < 1.29 is 19.4 Å². The van der Waals surface area contributed by atoms with E-state index in [0.29, 0.717) is 12.0 Å². The van der Waals surface area contributed by atoms with Gasteiger partial charge in [-0.2, -0.15) is 0 Å². The van der Waals surface area contributed by atoms with Gasteiger partial charge in [-0.25, -0.2) is 0 Å². The van der Waals surface area contributed by atoms with E-state index in [-0.39, 0.29) is 18.1 Å². The summed E-state index contributed by atoms with van der Waals surface area (Å²) < 4.78 is 5.10. The van der Waals surface area contributed by atoms with Gasteiger partial charge in [-0.1, -0.05) is 13.0 Å². The van der Waals surface area contributed by atoms with Crippen molar-refractivity contribution in [3.05, 3.63) is 11.6 Å². The van der Waals surface area contributed by atoms with Crippen LogP contribution < -0.4 is 0 Å². The molecule has 19 heavy (non-hydrogen) atoms. The molecule has 0 aliphatic rings. The monoisotopic (exact) mass is 270 g/mol. The van der Waals surface area contributed by atoms with Gasteiger partial charge >= 0.3 is 5.97 Å². The van der Waals surface area contributed by atoms with E-state index in [4.69, 9.17) is 4.74 Å². The normalized spacial score (nSPS) is 15.8. The zero-order valence-electron chi connectivity index (χ0n) is 12.8. The number of Topliss-reactive ketones (excluding diaryl/α,β-unsaturated/α-hetero) is 1. The van der Waals surface area contributed by atoms with Gasteiger partial charge in [-0.05, 0) is 52.5 Å². The van der Waals surface area contributed by atoms with Crippen LogP contribution in [0.5, 0.6) is 0 Å². The summed E-state index contributed by atoms with van der Waals surface area (Å²) in [6, 6.07) is 0. The molecule has 4 nitrogen and oxygen atoms in total. The van der Waals surface area contributed by atoms with Gasteiger partial charge in [0.05, 0.1) is 6.10 Å². The highest BCUT2D eigenvalue weighted by molar-refractivity contribution is 6.05. The molecule has 0 aliphatic heterocycles. The maximum Gasteiger partial charge on any atom is 0.314 e. The maximum absolute atomic E-state index is 11.8. The molecule has 0 saturated carbocycles. The van der Waals surface area contributed by atoms with E-state index in [1.54, 1.807) is 40.7 Å². The number of rotatable bonds is 6. The SMILES string of the molecule is C/C(=C\C[C@H](C)[C@@H](C)O)C(=O)CC(=O)OC(C)(C)C. The second-order valence-electron chi connectivity index (χ2n) is 6.03. The Morgan fingerprint density at radius 1 is 1.26 bits per heavy atom. The van der Waals surface area contributed by atoms with E-state index < -0.39 is 17.7 Å². The van der Waals surface area contributed by atoms with Crippen LogP contribution in [-0.4, -0.2) is 28.6 Å². The summed E-state index contributed by atoms with van der Waals surface area (Å²) in [6.07, 6.45) is 1.74. The molecule has 0 aromatic heterocycles. The van der Waals surface area contributed by atoms with Crippen LogP contribution in [0, 0.1) is 5.92 Å². The topological polar surface area (TPSA) is 63.6 Å². The van der Waals surface area contributed by atoms with E-state index in [9.17, 15) is 14.7 Å². The molecule has 0 rings (SSSR count). The number of hydrogen-bond acceptors (Lipinski definition) is 4. The van der Waals surface area contributed by atoms with Crippen LogP contribution in [0.2, 0.25) is 0 Å². The van der Waals surface area contributed by atoms with Crippen LogP contribution in [0.1, 0.15) is 54.4 Å². The first-order valence-corrected chi connectivity index (χ1v) is 6.63. The molecule has 0 aromatic rings. The molecular formula is C15H26O4. The number of aliphatic hydroxyl groups is 1. The Bertz CT molecular complexity index is 348. The molecule has 0 radical (unpaired) electrons. The van der Waals surface area contributed by atoms with Gasteiger partial charge < -0.3 is 9.84 Å². The third kappa shape index (κ3) is 8.54. The summed E-state index contributed by atoms with van der Waals surface area (Å²) in [5, 5.41) is 9.36. The van der Waals surface area contributed by atoms with Gasteiger partial charge in [-0.15, -0.1) is 0 Å². The highest BCUT2D eigenvalue weighted by Gasteiger charge is 2.19. The van der Waals surface area contributed by atoms with E-state index in [1.807, 2.05) is 6.92 Å². The predicted molar refractivity (Wildman–Crippen MR) is 74.7 cm³/mol. The molecule has 0 heterocycles. The quantitative estimate of drug-likeness (QED) is 0.458. The molecule has 0 aliphatic carbocycles. The number of ketones is 1. The lowest BCUT2D eigenvalue weighted by molar-refractivity contribution is -0.155. The van der Waals surface area contributed by atoms with Gasteiger partial charge in [0.15, 0.2) is 5.78 Å². The Balaban J connectivity index is 4.35. The lowest BCUT2D eigenvalue weighted by atomic mass is 9.99. The molecule has 0 spiro atoms. The summed E-state index contributed by atoms with van der Waals surface area (Å²) in [4.78, 5) is 23.3. The van der Waals surface area contributed by atoms with Gasteiger partial charge in [-0.3, -0.25) is 9.59 Å². The molecule has 0 bridgehead atoms. The molecule has 110 valence electrons. The Kier molecular flexibility index (Phi) is 6.98. The Hall–Kier alpha value is -1.16. The first-order chi connectivity index (χ1) is 8.53. The first-order valence-electron chi connectivity index (χ1n) is 6.63. The fourth-order valence-electron chi connectivity index (χ4n) is 1.32. The van der Waals surface area contributed by atoms with Crippen LogP contribution in [0.25, 0.3) is 0 Å². The summed E-state index contributed by atoms with van der Waals surface area (Å²) in [5.41, 5.74) is -0.0334. The number of ether oxygens (including phenoxy) is 1. The molecule has 0 aromatic carbocycles. The molecule has 0 unspecified atom stereocenters. The number of aliphatic hydroxyl groups excluding tert-OH is 1. The molecular weight excluding hydrogens is 244 g/mol. The Morgan fingerprint density at radius 3 is 2.21 bits per heavy atom. The number of hydrogen-bond donors (Lipinski definition) is 1. The average Bonchev–Trinajstić information content (AvgIpc) is 2.21. The van der Waals surface area contributed by atoms with Gasteiger partial charge in [0.25, 0.3) is 0 Å².